The minimum absolute atomic E-state index is 0.483. The zero-order valence-electron chi connectivity index (χ0n) is 10.3. The Morgan fingerprint density at radius 2 is 2.12 bits per heavy atom. The molecule has 0 N–H and O–H groups in total. The minimum atomic E-state index is 0.483. The molecule has 0 aliphatic heterocycles. The first kappa shape index (κ1) is 12.6. The monoisotopic (exact) mass is 269 g/mol. The summed E-state index contributed by atoms with van der Waals surface area (Å²) in [5.74, 6) is 0.973. The summed E-state index contributed by atoms with van der Waals surface area (Å²) < 4.78 is 2.00. The highest BCUT2D eigenvalue weighted by Gasteiger charge is 2.11. The normalized spacial score (nSPS) is 11.1. The van der Waals surface area contributed by atoms with Crippen LogP contribution in [0.4, 0.5) is 0 Å². The Morgan fingerprint density at radius 1 is 1.35 bits per heavy atom. The van der Waals surface area contributed by atoms with Crippen molar-refractivity contribution in [2.45, 2.75) is 40.2 Å². The second kappa shape index (κ2) is 5.19. The standard InChI is InChI=1S/C12H16ClN3S/c1-4-5-11-14-15-12(13)16(11)7-10-6-8(2)9(3)17-10/h6H,4-5,7H2,1-3H3. The van der Waals surface area contributed by atoms with E-state index >= 15 is 0 Å². The van der Waals surface area contributed by atoms with Gasteiger partial charge in [0.25, 0.3) is 0 Å². The molecular formula is C12H16ClN3S. The first-order valence-electron chi connectivity index (χ1n) is 5.75. The number of hydrogen-bond acceptors (Lipinski definition) is 3. The Kier molecular flexibility index (Phi) is 3.84. The third-order valence-corrected chi connectivity index (χ3v) is 4.20. The molecule has 0 saturated carbocycles. The Hall–Kier alpha value is -0.870. The van der Waals surface area contributed by atoms with Crippen molar-refractivity contribution < 1.29 is 0 Å². The van der Waals surface area contributed by atoms with Crippen LogP contribution >= 0.6 is 22.9 Å². The lowest BCUT2D eigenvalue weighted by atomic mass is 10.3. The summed E-state index contributed by atoms with van der Waals surface area (Å²) in [6, 6.07) is 2.21. The maximum Gasteiger partial charge on any atom is 0.225 e. The van der Waals surface area contributed by atoms with Crippen molar-refractivity contribution in [3.05, 3.63) is 32.5 Å². The maximum atomic E-state index is 6.07. The molecule has 0 unspecified atom stereocenters. The fourth-order valence-electron chi connectivity index (χ4n) is 1.76. The summed E-state index contributed by atoms with van der Waals surface area (Å²) in [7, 11) is 0. The second-order valence-electron chi connectivity index (χ2n) is 4.17. The number of nitrogens with zero attached hydrogens (tertiary/aromatic N) is 3. The van der Waals surface area contributed by atoms with Crippen LogP contribution in [0.1, 0.15) is 34.5 Å². The molecule has 2 rings (SSSR count). The molecule has 5 heteroatoms. The number of thiophene rings is 1. The van der Waals surface area contributed by atoms with Crippen LogP contribution in [-0.4, -0.2) is 14.8 Å². The summed E-state index contributed by atoms with van der Waals surface area (Å²) in [4.78, 5) is 2.67. The lowest BCUT2D eigenvalue weighted by molar-refractivity contribution is 0.711. The van der Waals surface area contributed by atoms with Crippen molar-refractivity contribution in [3.8, 4) is 0 Å². The lowest BCUT2D eigenvalue weighted by Gasteiger charge is -2.04. The molecule has 2 heterocycles. The van der Waals surface area contributed by atoms with E-state index in [1.165, 1.54) is 15.3 Å². The van der Waals surface area contributed by atoms with E-state index in [9.17, 15) is 0 Å². The largest absolute Gasteiger partial charge is 0.296 e. The number of hydrogen-bond donors (Lipinski definition) is 0. The van der Waals surface area contributed by atoms with Crippen LogP contribution < -0.4 is 0 Å². The summed E-state index contributed by atoms with van der Waals surface area (Å²) in [6.07, 6.45) is 1.97. The highest BCUT2D eigenvalue weighted by molar-refractivity contribution is 7.12. The number of halogens is 1. The first-order chi connectivity index (χ1) is 8.11. The third-order valence-electron chi connectivity index (χ3n) is 2.79. The van der Waals surface area contributed by atoms with E-state index in [-0.39, 0.29) is 0 Å². The topological polar surface area (TPSA) is 30.7 Å². The Labute approximate surface area is 110 Å². The van der Waals surface area contributed by atoms with Gasteiger partial charge in [-0.25, -0.2) is 0 Å². The SMILES string of the molecule is CCCc1nnc(Cl)n1Cc1cc(C)c(C)s1. The van der Waals surface area contributed by atoms with Gasteiger partial charge in [-0.15, -0.1) is 21.5 Å². The van der Waals surface area contributed by atoms with Gasteiger partial charge in [-0.05, 0) is 43.5 Å². The van der Waals surface area contributed by atoms with Gasteiger partial charge in [0, 0.05) is 16.2 Å². The fraction of sp³-hybridized carbons (Fsp3) is 0.500. The highest BCUT2D eigenvalue weighted by Crippen LogP contribution is 2.23. The smallest absolute Gasteiger partial charge is 0.225 e. The van der Waals surface area contributed by atoms with E-state index in [0.29, 0.717) is 5.28 Å². The zero-order chi connectivity index (χ0) is 12.4. The van der Waals surface area contributed by atoms with E-state index in [4.69, 9.17) is 11.6 Å². The average Bonchev–Trinajstić information content (AvgIpc) is 2.77. The van der Waals surface area contributed by atoms with Gasteiger partial charge in [-0.2, -0.15) is 0 Å². The van der Waals surface area contributed by atoms with Crippen molar-refractivity contribution in [1.82, 2.24) is 14.8 Å². The van der Waals surface area contributed by atoms with Gasteiger partial charge in [0.05, 0.1) is 6.54 Å². The zero-order valence-corrected chi connectivity index (χ0v) is 11.9. The molecule has 0 spiro atoms. The lowest BCUT2D eigenvalue weighted by Crippen LogP contribution is -2.04. The molecule has 92 valence electrons. The van der Waals surface area contributed by atoms with Gasteiger partial charge in [0.1, 0.15) is 5.82 Å². The van der Waals surface area contributed by atoms with Gasteiger partial charge in [0.2, 0.25) is 5.28 Å². The van der Waals surface area contributed by atoms with Crippen LogP contribution in [0.3, 0.4) is 0 Å². The van der Waals surface area contributed by atoms with Crippen molar-refractivity contribution in [3.63, 3.8) is 0 Å². The molecule has 0 fully saturated rings. The number of aromatic nitrogens is 3. The quantitative estimate of drug-likeness (QED) is 0.849. The van der Waals surface area contributed by atoms with Crippen LogP contribution in [0.15, 0.2) is 6.07 Å². The van der Waals surface area contributed by atoms with Gasteiger partial charge < -0.3 is 0 Å². The first-order valence-corrected chi connectivity index (χ1v) is 6.94. The van der Waals surface area contributed by atoms with E-state index < -0.39 is 0 Å². The van der Waals surface area contributed by atoms with Crippen molar-refractivity contribution >= 4 is 22.9 Å². The summed E-state index contributed by atoms with van der Waals surface area (Å²) in [5, 5.41) is 8.54. The average molecular weight is 270 g/mol. The van der Waals surface area contributed by atoms with Gasteiger partial charge in [-0.3, -0.25) is 4.57 Å². The summed E-state index contributed by atoms with van der Waals surface area (Å²) >= 11 is 7.88. The summed E-state index contributed by atoms with van der Waals surface area (Å²) in [5.41, 5.74) is 1.34. The Balaban J connectivity index is 2.25. The van der Waals surface area contributed by atoms with Crippen molar-refractivity contribution in [1.29, 1.82) is 0 Å². The van der Waals surface area contributed by atoms with Crippen LogP contribution in [0.5, 0.6) is 0 Å². The van der Waals surface area contributed by atoms with Crippen LogP contribution in [0.25, 0.3) is 0 Å². The van der Waals surface area contributed by atoms with Crippen LogP contribution in [0.2, 0.25) is 5.28 Å². The molecule has 0 radical (unpaired) electrons. The summed E-state index contributed by atoms with van der Waals surface area (Å²) in [6.45, 7) is 7.19. The molecule has 0 bridgehead atoms. The molecule has 0 atom stereocenters. The van der Waals surface area contributed by atoms with Crippen molar-refractivity contribution in [2.75, 3.05) is 0 Å². The van der Waals surface area contributed by atoms with Gasteiger partial charge in [0.15, 0.2) is 0 Å². The van der Waals surface area contributed by atoms with E-state index in [1.54, 1.807) is 0 Å². The molecule has 0 aliphatic carbocycles. The molecule has 2 aromatic rings. The third kappa shape index (κ3) is 2.69. The molecule has 0 saturated heterocycles. The van der Waals surface area contributed by atoms with Crippen LogP contribution in [-0.2, 0) is 13.0 Å². The Morgan fingerprint density at radius 3 is 2.71 bits per heavy atom. The van der Waals surface area contributed by atoms with E-state index in [2.05, 4.69) is 37.0 Å². The van der Waals surface area contributed by atoms with Crippen molar-refractivity contribution in [2.24, 2.45) is 0 Å². The predicted octanol–water partition coefficient (Wildman–Crippen LogP) is 3.61. The van der Waals surface area contributed by atoms with E-state index in [0.717, 1.165) is 25.2 Å². The molecule has 0 aromatic carbocycles. The highest BCUT2D eigenvalue weighted by atomic mass is 35.5. The maximum absolute atomic E-state index is 6.07. The van der Waals surface area contributed by atoms with Gasteiger partial charge in [-0.1, -0.05) is 6.92 Å². The molecule has 2 aromatic heterocycles. The number of aryl methyl sites for hydroxylation is 3. The molecule has 0 amide bonds. The molecule has 17 heavy (non-hydrogen) atoms. The fourth-order valence-corrected chi connectivity index (χ4v) is 3.00. The van der Waals surface area contributed by atoms with Gasteiger partial charge >= 0.3 is 0 Å². The van der Waals surface area contributed by atoms with Crippen LogP contribution in [0, 0.1) is 13.8 Å². The molecule has 3 nitrogen and oxygen atoms in total. The Bertz CT molecular complexity index is 496. The number of rotatable bonds is 4. The second-order valence-corrected chi connectivity index (χ2v) is 5.85. The molecular weight excluding hydrogens is 254 g/mol. The molecule has 0 aliphatic rings. The predicted molar refractivity (Wildman–Crippen MR) is 71.9 cm³/mol. The van der Waals surface area contributed by atoms with E-state index in [1.807, 2.05) is 15.9 Å². The minimum Gasteiger partial charge on any atom is -0.296 e.